The van der Waals surface area contributed by atoms with Crippen molar-refractivity contribution in [3.8, 4) is 0 Å². The van der Waals surface area contributed by atoms with E-state index in [1.807, 2.05) is 62.3 Å². The van der Waals surface area contributed by atoms with Crippen LogP contribution in [0.4, 0.5) is 11.9 Å². The molecule has 0 saturated heterocycles. The first kappa shape index (κ1) is 30.3. The van der Waals surface area contributed by atoms with E-state index in [0.29, 0.717) is 31.5 Å². The first-order valence-corrected chi connectivity index (χ1v) is 14.6. The highest BCUT2D eigenvalue weighted by atomic mass is 15.3. The van der Waals surface area contributed by atoms with Gasteiger partial charge in [-0.1, -0.05) is 30.3 Å². The van der Waals surface area contributed by atoms with Gasteiger partial charge < -0.3 is 15.1 Å². The molecule has 5 aromatic rings. The predicted octanol–water partition coefficient (Wildman–Crippen LogP) is 3.82. The van der Waals surface area contributed by atoms with E-state index in [-0.39, 0.29) is 11.9 Å². The molecule has 0 saturated carbocycles. The standard InChI is InChI=1S/C31H39N13/c1-21-24-9-5-6-10-26(24)38-31(37-21)41-29(33)43(4)16-8-15-42(3)20-23-11-12-25-22(2)36-30(39-27(25)19-23)40-28(32)34-14-18-44-17-7-13-35-44/h5-7,9-13,17,19H,8,14-16,18,20H2,1-4H3,(H2,33,37,38,41)(H3,32,34,36,39,40). The van der Waals surface area contributed by atoms with Crippen LogP contribution in [0.5, 0.6) is 0 Å². The molecule has 0 radical (unpaired) electrons. The molecular weight excluding hydrogens is 554 g/mol. The molecule has 44 heavy (non-hydrogen) atoms. The van der Waals surface area contributed by atoms with Crippen LogP contribution < -0.4 is 16.0 Å². The average Bonchev–Trinajstić information content (AvgIpc) is 3.50. The molecule has 228 valence electrons. The van der Waals surface area contributed by atoms with E-state index in [0.717, 1.165) is 58.3 Å². The highest BCUT2D eigenvalue weighted by Gasteiger charge is 2.11. The van der Waals surface area contributed by atoms with E-state index in [9.17, 15) is 0 Å². The van der Waals surface area contributed by atoms with E-state index in [4.69, 9.17) is 10.8 Å². The molecule has 0 atom stereocenters. The molecule has 2 aromatic carbocycles. The minimum atomic E-state index is 0.139. The summed E-state index contributed by atoms with van der Waals surface area (Å²) in [5, 5.41) is 31.9. The van der Waals surface area contributed by atoms with Crippen LogP contribution in [0.1, 0.15) is 23.4 Å². The third kappa shape index (κ3) is 7.81. The lowest BCUT2D eigenvalue weighted by Gasteiger charge is -2.22. The Morgan fingerprint density at radius 3 is 2.34 bits per heavy atom. The Labute approximate surface area is 256 Å². The summed E-state index contributed by atoms with van der Waals surface area (Å²) < 4.78 is 1.81. The van der Waals surface area contributed by atoms with Gasteiger partial charge in [0, 0.05) is 49.8 Å². The van der Waals surface area contributed by atoms with Gasteiger partial charge in [0.2, 0.25) is 11.9 Å². The van der Waals surface area contributed by atoms with Crippen molar-refractivity contribution < 1.29 is 0 Å². The van der Waals surface area contributed by atoms with Gasteiger partial charge in [-0.05, 0) is 57.6 Å². The zero-order valence-electron chi connectivity index (χ0n) is 25.6. The van der Waals surface area contributed by atoms with Crippen molar-refractivity contribution in [2.45, 2.75) is 33.4 Å². The number of benzene rings is 2. The van der Waals surface area contributed by atoms with Crippen LogP contribution in [-0.2, 0) is 13.1 Å². The van der Waals surface area contributed by atoms with E-state index >= 15 is 0 Å². The monoisotopic (exact) mass is 593 g/mol. The lowest BCUT2D eigenvalue weighted by molar-refractivity contribution is 0.307. The number of anilines is 2. The van der Waals surface area contributed by atoms with Gasteiger partial charge in [0.15, 0.2) is 11.9 Å². The zero-order chi connectivity index (χ0) is 31.1. The molecule has 3 heterocycles. The van der Waals surface area contributed by atoms with E-state index < -0.39 is 0 Å². The average molecular weight is 594 g/mol. The SMILES string of the molecule is Cc1nc(NC(=N)NCCn2cccn2)nc2cc(CN(C)CCCN(C)C(=N)Nc3nc(C)c4ccccc4n3)ccc12. The molecule has 0 unspecified atom stereocenters. The van der Waals surface area contributed by atoms with Gasteiger partial charge in [0.25, 0.3) is 0 Å². The van der Waals surface area contributed by atoms with Crippen LogP contribution in [0.2, 0.25) is 0 Å². The normalized spacial score (nSPS) is 11.2. The van der Waals surface area contributed by atoms with E-state index in [2.05, 4.69) is 71.1 Å². The maximum atomic E-state index is 8.48. The summed E-state index contributed by atoms with van der Waals surface area (Å²) in [7, 11) is 3.99. The lowest BCUT2D eigenvalue weighted by Crippen LogP contribution is -2.35. The van der Waals surface area contributed by atoms with Crippen molar-refractivity contribution in [1.29, 1.82) is 10.8 Å². The summed E-state index contributed by atoms with van der Waals surface area (Å²) in [5.41, 5.74) is 4.57. The first-order valence-electron chi connectivity index (χ1n) is 14.6. The Hall–Kier alpha value is -5.17. The Bertz CT molecular complexity index is 1750. The lowest BCUT2D eigenvalue weighted by atomic mass is 10.1. The van der Waals surface area contributed by atoms with E-state index in [1.165, 1.54) is 0 Å². The number of fused-ring (bicyclic) bond motifs is 2. The summed E-state index contributed by atoms with van der Waals surface area (Å²) in [6.45, 7) is 7.45. The zero-order valence-corrected chi connectivity index (χ0v) is 25.6. The van der Waals surface area contributed by atoms with Gasteiger partial charge in [-0.15, -0.1) is 0 Å². The topological polar surface area (TPSA) is 160 Å². The molecule has 0 amide bonds. The van der Waals surface area contributed by atoms with Crippen molar-refractivity contribution >= 4 is 45.6 Å². The third-order valence-electron chi connectivity index (χ3n) is 7.28. The molecule has 0 fully saturated rings. The molecule has 5 N–H and O–H groups in total. The number of aromatic nitrogens is 6. The molecule has 0 bridgehead atoms. The van der Waals surface area contributed by atoms with Crippen LogP contribution in [0, 0.1) is 24.7 Å². The van der Waals surface area contributed by atoms with Gasteiger partial charge in [0.05, 0.1) is 29.0 Å². The van der Waals surface area contributed by atoms with Crippen LogP contribution in [0.25, 0.3) is 21.8 Å². The number of nitrogens with one attached hydrogen (secondary N) is 5. The quantitative estimate of drug-likeness (QED) is 0.113. The smallest absolute Gasteiger partial charge is 0.230 e. The Morgan fingerprint density at radius 2 is 1.57 bits per heavy atom. The van der Waals surface area contributed by atoms with Crippen molar-refractivity contribution in [3.05, 3.63) is 77.9 Å². The summed E-state index contributed by atoms with van der Waals surface area (Å²) in [4.78, 5) is 22.4. The predicted molar refractivity (Wildman–Crippen MR) is 175 cm³/mol. The number of hydrogen-bond acceptors (Lipinski definition) is 8. The highest BCUT2D eigenvalue weighted by Crippen LogP contribution is 2.20. The number of guanidine groups is 2. The Balaban J connectivity index is 1.10. The van der Waals surface area contributed by atoms with Crippen LogP contribution in [0.15, 0.2) is 60.9 Å². The van der Waals surface area contributed by atoms with Crippen molar-refractivity contribution in [2.24, 2.45) is 0 Å². The van der Waals surface area contributed by atoms with Crippen LogP contribution in [0.3, 0.4) is 0 Å². The molecule has 0 aliphatic carbocycles. The van der Waals surface area contributed by atoms with Gasteiger partial charge >= 0.3 is 0 Å². The second-order valence-corrected chi connectivity index (χ2v) is 10.8. The fourth-order valence-electron chi connectivity index (χ4n) is 4.95. The fourth-order valence-corrected chi connectivity index (χ4v) is 4.95. The van der Waals surface area contributed by atoms with Crippen molar-refractivity contribution in [1.82, 2.24) is 44.8 Å². The molecule has 13 nitrogen and oxygen atoms in total. The summed E-state index contributed by atoms with van der Waals surface area (Å²) in [6, 6.07) is 16.0. The van der Waals surface area contributed by atoms with Gasteiger partial charge in [-0.3, -0.25) is 26.1 Å². The summed E-state index contributed by atoms with van der Waals surface area (Å²) in [5.74, 6) is 1.22. The fraction of sp³-hybridized carbons (Fsp3) is 0.323. The largest absolute Gasteiger partial charge is 0.354 e. The highest BCUT2D eigenvalue weighted by molar-refractivity contribution is 5.92. The maximum absolute atomic E-state index is 8.48. The number of para-hydroxylation sites is 1. The summed E-state index contributed by atoms with van der Waals surface area (Å²) >= 11 is 0. The number of rotatable bonds is 11. The molecule has 13 heteroatoms. The molecule has 0 aliphatic heterocycles. The molecule has 5 rings (SSSR count). The van der Waals surface area contributed by atoms with Gasteiger partial charge in [-0.25, -0.2) is 19.9 Å². The van der Waals surface area contributed by atoms with E-state index in [1.54, 1.807) is 10.9 Å². The summed E-state index contributed by atoms with van der Waals surface area (Å²) in [6.07, 6.45) is 4.50. The van der Waals surface area contributed by atoms with Crippen molar-refractivity contribution in [2.75, 3.05) is 44.4 Å². The minimum absolute atomic E-state index is 0.139. The van der Waals surface area contributed by atoms with Crippen LogP contribution >= 0.6 is 0 Å². The number of nitrogens with zero attached hydrogens (tertiary/aromatic N) is 8. The maximum Gasteiger partial charge on any atom is 0.230 e. The second kappa shape index (κ2) is 13.9. The molecular formula is C31H39N13. The van der Waals surface area contributed by atoms with Gasteiger partial charge in [0.1, 0.15) is 0 Å². The third-order valence-corrected chi connectivity index (χ3v) is 7.28. The molecule has 3 aromatic heterocycles. The van der Waals surface area contributed by atoms with Gasteiger partial charge in [-0.2, -0.15) is 5.10 Å². The van der Waals surface area contributed by atoms with Crippen LogP contribution in [-0.4, -0.2) is 85.2 Å². The Morgan fingerprint density at radius 1 is 0.841 bits per heavy atom. The second-order valence-electron chi connectivity index (χ2n) is 10.8. The van der Waals surface area contributed by atoms with Crippen molar-refractivity contribution in [3.63, 3.8) is 0 Å². The molecule has 0 spiro atoms. The number of aryl methyl sites for hydroxylation is 2. The minimum Gasteiger partial charge on any atom is -0.354 e. The first-order chi connectivity index (χ1) is 21.2. The Kier molecular flexibility index (Phi) is 9.55. The molecule has 0 aliphatic rings. The number of hydrogen-bond donors (Lipinski definition) is 5.